The highest BCUT2D eigenvalue weighted by molar-refractivity contribution is 7.47. The van der Waals surface area contributed by atoms with Crippen molar-refractivity contribution in [3.63, 3.8) is 0 Å². The number of hydrogen-bond donors (Lipinski definition) is 3. The summed E-state index contributed by atoms with van der Waals surface area (Å²) in [5.74, 6) is -2.26. The fourth-order valence-corrected chi connectivity index (χ4v) is 11.8. The summed E-state index contributed by atoms with van der Waals surface area (Å²) in [6.07, 6.45) is 82.9. The topological polar surface area (TPSA) is 237 Å². The van der Waals surface area contributed by atoms with E-state index in [0.717, 1.165) is 167 Å². The minimum absolute atomic E-state index is 0.0630. The van der Waals surface area contributed by atoms with E-state index in [1.165, 1.54) is 64.2 Å². The van der Waals surface area contributed by atoms with Gasteiger partial charge in [-0.05, 0) is 135 Å². The van der Waals surface area contributed by atoms with Crippen LogP contribution in [0.5, 0.6) is 0 Å². The van der Waals surface area contributed by atoms with Crippen LogP contribution in [0.3, 0.4) is 0 Å². The summed E-state index contributed by atoms with van der Waals surface area (Å²) in [7, 11) is -9.98. The maximum Gasteiger partial charge on any atom is 0.472 e. The van der Waals surface area contributed by atoms with E-state index in [9.17, 15) is 43.2 Å². The lowest BCUT2D eigenvalue weighted by Gasteiger charge is -2.21. The van der Waals surface area contributed by atoms with E-state index in [-0.39, 0.29) is 25.7 Å². The molecule has 0 saturated heterocycles. The molecule has 0 rings (SSSR count). The number of aliphatic hydroxyl groups excluding tert-OH is 1. The fourth-order valence-electron chi connectivity index (χ4n) is 10.2. The standard InChI is InChI=1S/C83H140O17P2/c1-5-9-13-17-21-25-29-33-37-38-42-44-48-52-56-60-64-68-81(86)94-74-79(100-83(88)70-66-62-58-54-50-46-41-36-32-28-24-20-16-12-8-4)76-98-102(91,92)96-72-77(84)71-95-101(89,90)97-75-78(99-82(87)69-65-61-57-53-49-45-40-35-31-27-23-19-15-11-7-3)73-93-80(85)67-63-59-55-51-47-43-39-34-30-26-22-18-14-10-6-2/h9-11,13-15,21-23,25-27,33-35,37,39-40,42,44,47,51,77-79,84H,5-8,12,16-20,24,28-32,36,38,41,43,45-46,48-50,52-76H2,1-4H3,(H,89,90)(H,91,92)/b13-9-,14-10-,15-11-,25-21-,26-22-,27-23-,37-33-,39-34-,40-35-,44-42-,51-47-. The summed E-state index contributed by atoms with van der Waals surface area (Å²) in [6, 6.07) is 0. The molecule has 0 aromatic carbocycles. The first-order valence-electron chi connectivity index (χ1n) is 39.4. The van der Waals surface area contributed by atoms with Crippen molar-refractivity contribution in [1.29, 1.82) is 0 Å². The molecule has 5 unspecified atom stereocenters. The van der Waals surface area contributed by atoms with Crippen molar-refractivity contribution >= 4 is 39.5 Å². The summed E-state index contributed by atoms with van der Waals surface area (Å²) in [6.45, 7) is 4.46. The molecule has 0 heterocycles. The molecule has 0 aliphatic rings. The van der Waals surface area contributed by atoms with E-state index in [1.807, 2.05) is 0 Å². The van der Waals surface area contributed by atoms with Crippen LogP contribution in [0, 0.1) is 0 Å². The number of hydrogen-bond acceptors (Lipinski definition) is 15. The van der Waals surface area contributed by atoms with E-state index < -0.39 is 97.5 Å². The molecular weight excluding hydrogens is 1330 g/mol. The van der Waals surface area contributed by atoms with E-state index in [0.29, 0.717) is 25.7 Å². The maximum atomic E-state index is 13.1. The third-order valence-corrected chi connectivity index (χ3v) is 18.0. The Hall–Kier alpha value is -4.80. The van der Waals surface area contributed by atoms with Crippen LogP contribution in [0.1, 0.15) is 310 Å². The molecule has 0 aliphatic carbocycles. The van der Waals surface area contributed by atoms with E-state index >= 15 is 0 Å². The van der Waals surface area contributed by atoms with Crippen molar-refractivity contribution in [2.45, 2.75) is 329 Å². The lowest BCUT2D eigenvalue weighted by molar-refractivity contribution is -0.161. The second-order valence-corrected chi connectivity index (χ2v) is 28.8. The van der Waals surface area contributed by atoms with Crippen LogP contribution in [0.25, 0.3) is 0 Å². The molecule has 19 heteroatoms. The Labute approximate surface area is 618 Å². The molecule has 0 saturated carbocycles. The zero-order valence-electron chi connectivity index (χ0n) is 63.7. The average molecular weight is 1470 g/mol. The van der Waals surface area contributed by atoms with Gasteiger partial charge in [-0.3, -0.25) is 37.3 Å². The molecular formula is C83H140O17P2. The first kappa shape index (κ1) is 97.2. The highest BCUT2D eigenvalue weighted by atomic mass is 31.2. The molecule has 0 amide bonds. The highest BCUT2D eigenvalue weighted by Gasteiger charge is 2.30. The van der Waals surface area contributed by atoms with Gasteiger partial charge in [0.15, 0.2) is 12.2 Å². The monoisotopic (exact) mass is 1470 g/mol. The second kappa shape index (κ2) is 74.5. The minimum atomic E-state index is -4.99. The van der Waals surface area contributed by atoms with Gasteiger partial charge in [0.1, 0.15) is 19.3 Å². The van der Waals surface area contributed by atoms with E-state index in [2.05, 4.69) is 161 Å². The van der Waals surface area contributed by atoms with Crippen LogP contribution < -0.4 is 0 Å². The van der Waals surface area contributed by atoms with Gasteiger partial charge in [-0.25, -0.2) is 9.13 Å². The lowest BCUT2D eigenvalue weighted by Crippen LogP contribution is -2.30. The first-order chi connectivity index (χ1) is 49.7. The number of ether oxygens (including phenoxy) is 4. The number of allylic oxidation sites excluding steroid dienone is 22. The Bertz CT molecular complexity index is 2460. The van der Waals surface area contributed by atoms with Gasteiger partial charge < -0.3 is 33.8 Å². The number of esters is 4. The number of phosphoric ester groups is 2. The molecule has 0 aromatic heterocycles. The Morgan fingerprint density at radius 1 is 0.284 bits per heavy atom. The fraction of sp³-hybridized carbons (Fsp3) is 0.687. The Kier molecular flexibility index (Phi) is 71.0. The van der Waals surface area contributed by atoms with Crippen molar-refractivity contribution < 1.29 is 80.2 Å². The number of carbonyl (C=O) groups is 4. The van der Waals surface area contributed by atoms with Crippen LogP contribution in [0.4, 0.5) is 0 Å². The Morgan fingerprint density at radius 3 is 0.804 bits per heavy atom. The normalized spacial score (nSPS) is 14.6. The van der Waals surface area contributed by atoms with Gasteiger partial charge in [0.05, 0.1) is 26.4 Å². The van der Waals surface area contributed by atoms with Crippen LogP contribution in [-0.4, -0.2) is 96.7 Å². The average Bonchev–Trinajstić information content (AvgIpc) is 0.923. The summed E-state index contributed by atoms with van der Waals surface area (Å²) in [5.41, 5.74) is 0. The smallest absolute Gasteiger partial charge is 0.462 e. The van der Waals surface area contributed by atoms with Crippen LogP contribution in [0.15, 0.2) is 134 Å². The molecule has 0 aliphatic heterocycles. The van der Waals surface area contributed by atoms with Crippen LogP contribution >= 0.6 is 15.6 Å². The van der Waals surface area contributed by atoms with Crippen LogP contribution in [-0.2, 0) is 65.4 Å². The number of carbonyl (C=O) groups excluding carboxylic acids is 4. The van der Waals surface area contributed by atoms with E-state index in [1.54, 1.807) is 0 Å². The zero-order valence-corrected chi connectivity index (χ0v) is 65.5. The van der Waals surface area contributed by atoms with Gasteiger partial charge >= 0.3 is 39.5 Å². The Morgan fingerprint density at radius 2 is 0.510 bits per heavy atom. The van der Waals surface area contributed by atoms with E-state index in [4.69, 9.17) is 37.0 Å². The van der Waals surface area contributed by atoms with Crippen molar-refractivity contribution in [3.05, 3.63) is 134 Å². The van der Waals surface area contributed by atoms with Gasteiger partial charge in [-0.15, -0.1) is 0 Å². The first-order valence-corrected chi connectivity index (χ1v) is 42.4. The molecule has 3 N–H and O–H groups in total. The van der Waals surface area contributed by atoms with Gasteiger partial charge in [0.25, 0.3) is 0 Å². The SMILES string of the molecule is CC/C=C\C/C=C\C/C=C\C/C=C\CCCCCCC(=O)OCC(COP(=O)(O)OCC(O)COP(=O)(O)OCC(COC(=O)CCCC/C=C\C/C=C\C/C=C\C/C=C\CC)OC(=O)CCCCCCC/C=C\C/C=C\C/C=C\CC)OC(=O)CCCCCCCCCCCCCCCCC. The summed E-state index contributed by atoms with van der Waals surface area (Å²) in [5, 5.41) is 10.6. The lowest BCUT2D eigenvalue weighted by atomic mass is 10.0. The summed E-state index contributed by atoms with van der Waals surface area (Å²) >= 11 is 0. The highest BCUT2D eigenvalue weighted by Crippen LogP contribution is 2.45. The predicted molar refractivity (Wildman–Crippen MR) is 418 cm³/mol. The summed E-state index contributed by atoms with van der Waals surface area (Å²) in [4.78, 5) is 73.0. The van der Waals surface area contributed by atoms with Gasteiger partial charge in [0.2, 0.25) is 0 Å². The predicted octanol–water partition coefficient (Wildman–Crippen LogP) is 22.9. The van der Waals surface area contributed by atoms with Crippen molar-refractivity contribution in [2.75, 3.05) is 39.6 Å². The summed E-state index contributed by atoms with van der Waals surface area (Å²) < 4.78 is 68.5. The maximum absolute atomic E-state index is 13.1. The number of rotatable bonds is 73. The third kappa shape index (κ3) is 73.5. The second-order valence-electron chi connectivity index (χ2n) is 25.9. The Balaban J connectivity index is 5.42. The minimum Gasteiger partial charge on any atom is -0.462 e. The van der Waals surface area contributed by atoms with Crippen molar-refractivity contribution in [1.82, 2.24) is 0 Å². The largest absolute Gasteiger partial charge is 0.472 e. The van der Waals surface area contributed by atoms with Gasteiger partial charge in [0, 0.05) is 25.7 Å². The van der Waals surface area contributed by atoms with Crippen molar-refractivity contribution in [2.24, 2.45) is 0 Å². The molecule has 0 spiro atoms. The van der Waals surface area contributed by atoms with Gasteiger partial charge in [-0.2, -0.15) is 0 Å². The molecule has 5 atom stereocenters. The molecule has 0 radical (unpaired) electrons. The van der Waals surface area contributed by atoms with Crippen molar-refractivity contribution in [3.8, 4) is 0 Å². The number of aliphatic hydroxyl groups is 1. The molecule has 0 aromatic rings. The van der Waals surface area contributed by atoms with Gasteiger partial charge in [-0.1, -0.05) is 283 Å². The quantitative estimate of drug-likeness (QED) is 0.0169. The zero-order chi connectivity index (χ0) is 74.6. The molecule has 0 bridgehead atoms. The molecule has 102 heavy (non-hydrogen) atoms. The molecule has 584 valence electrons. The van der Waals surface area contributed by atoms with Crippen LogP contribution in [0.2, 0.25) is 0 Å². The molecule has 17 nitrogen and oxygen atoms in total. The third-order valence-electron chi connectivity index (χ3n) is 16.1. The number of phosphoric acid groups is 2. The number of unbranched alkanes of at least 4 members (excludes halogenated alkanes) is 25. The molecule has 0 fully saturated rings.